The summed E-state index contributed by atoms with van der Waals surface area (Å²) >= 11 is 0. The second kappa shape index (κ2) is 8.07. The van der Waals surface area contributed by atoms with E-state index in [4.69, 9.17) is 4.74 Å². The molecule has 1 rings (SSSR count). The van der Waals surface area contributed by atoms with Gasteiger partial charge in [-0.25, -0.2) is 4.98 Å². The van der Waals surface area contributed by atoms with E-state index >= 15 is 0 Å². The van der Waals surface area contributed by atoms with Crippen molar-refractivity contribution in [2.75, 3.05) is 6.54 Å². The molecule has 0 amide bonds. The molecule has 0 aromatic carbocycles. The third-order valence-corrected chi connectivity index (χ3v) is 2.57. The minimum Gasteiger partial charge on any atom is -0.475 e. The first kappa shape index (κ1) is 14.0. The van der Waals surface area contributed by atoms with Crippen LogP contribution in [0, 0.1) is 0 Å². The molecule has 3 nitrogen and oxygen atoms in total. The Balaban J connectivity index is 2.39. The van der Waals surface area contributed by atoms with Crippen LogP contribution in [0.1, 0.15) is 45.6 Å². The molecular weight excluding hydrogens is 212 g/mol. The van der Waals surface area contributed by atoms with Gasteiger partial charge in [-0.1, -0.05) is 26.3 Å². The molecule has 3 heteroatoms. The Morgan fingerprint density at radius 1 is 1.29 bits per heavy atom. The molecule has 1 atom stereocenters. The van der Waals surface area contributed by atoms with E-state index in [1.165, 1.54) is 5.56 Å². The van der Waals surface area contributed by atoms with Gasteiger partial charge >= 0.3 is 0 Å². The molecule has 0 spiro atoms. The van der Waals surface area contributed by atoms with Gasteiger partial charge < -0.3 is 10.1 Å². The molecule has 0 aliphatic heterocycles. The van der Waals surface area contributed by atoms with Crippen LogP contribution in [0.15, 0.2) is 18.3 Å². The van der Waals surface area contributed by atoms with Crippen LogP contribution >= 0.6 is 0 Å². The molecular formula is C14H24N2O. The van der Waals surface area contributed by atoms with E-state index in [1.54, 1.807) is 0 Å². The first-order chi connectivity index (χ1) is 8.26. The number of pyridine rings is 1. The molecule has 0 radical (unpaired) electrons. The molecule has 96 valence electrons. The van der Waals surface area contributed by atoms with Crippen LogP contribution in [-0.2, 0) is 6.54 Å². The van der Waals surface area contributed by atoms with Gasteiger partial charge in [0.05, 0.1) is 6.10 Å². The van der Waals surface area contributed by atoms with E-state index in [-0.39, 0.29) is 6.10 Å². The molecule has 1 aromatic heterocycles. The van der Waals surface area contributed by atoms with E-state index < -0.39 is 0 Å². The normalized spacial score (nSPS) is 12.4. The largest absolute Gasteiger partial charge is 0.475 e. The van der Waals surface area contributed by atoms with E-state index in [9.17, 15) is 0 Å². The zero-order valence-electron chi connectivity index (χ0n) is 11.2. The van der Waals surface area contributed by atoms with Crippen LogP contribution < -0.4 is 10.1 Å². The monoisotopic (exact) mass is 236 g/mol. The van der Waals surface area contributed by atoms with Crippen LogP contribution in [0.25, 0.3) is 0 Å². The summed E-state index contributed by atoms with van der Waals surface area (Å²) in [7, 11) is 0. The lowest BCUT2D eigenvalue weighted by molar-refractivity contribution is 0.201. The van der Waals surface area contributed by atoms with Crippen molar-refractivity contribution in [3.05, 3.63) is 23.9 Å². The number of ether oxygens (including phenoxy) is 1. The standard InChI is InChI=1S/C14H24N2O/c1-4-6-12(3)17-14-8-7-13(11-16-14)10-15-9-5-2/h7-8,11-12,15H,4-6,9-10H2,1-3H3. The molecule has 0 saturated heterocycles. The summed E-state index contributed by atoms with van der Waals surface area (Å²) in [6.07, 6.45) is 5.50. The summed E-state index contributed by atoms with van der Waals surface area (Å²) in [5.74, 6) is 0.727. The summed E-state index contributed by atoms with van der Waals surface area (Å²) in [6, 6.07) is 4.03. The highest BCUT2D eigenvalue weighted by atomic mass is 16.5. The van der Waals surface area contributed by atoms with Crippen molar-refractivity contribution in [1.82, 2.24) is 10.3 Å². The van der Waals surface area contributed by atoms with Gasteiger partial charge in [0.1, 0.15) is 0 Å². The molecule has 1 N–H and O–H groups in total. The maximum Gasteiger partial charge on any atom is 0.213 e. The lowest BCUT2D eigenvalue weighted by Crippen LogP contribution is -2.14. The van der Waals surface area contributed by atoms with E-state index in [2.05, 4.69) is 37.1 Å². The quantitative estimate of drug-likeness (QED) is 0.704. The van der Waals surface area contributed by atoms with E-state index in [0.717, 1.165) is 38.2 Å². The Bertz CT molecular complexity index is 298. The Kier molecular flexibility index (Phi) is 6.63. The summed E-state index contributed by atoms with van der Waals surface area (Å²) in [5, 5.41) is 3.35. The van der Waals surface area contributed by atoms with Gasteiger partial charge in [0.2, 0.25) is 5.88 Å². The second-order valence-corrected chi connectivity index (χ2v) is 4.40. The van der Waals surface area contributed by atoms with Crippen molar-refractivity contribution >= 4 is 0 Å². The highest BCUT2D eigenvalue weighted by Gasteiger charge is 2.03. The average Bonchev–Trinajstić information content (AvgIpc) is 2.32. The van der Waals surface area contributed by atoms with Crippen LogP contribution in [0.4, 0.5) is 0 Å². The number of aromatic nitrogens is 1. The van der Waals surface area contributed by atoms with Crippen LogP contribution in [0.5, 0.6) is 5.88 Å². The van der Waals surface area contributed by atoms with Crippen LogP contribution in [0.3, 0.4) is 0 Å². The molecule has 1 aromatic rings. The third kappa shape index (κ3) is 5.68. The highest BCUT2D eigenvalue weighted by molar-refractivity contribution is 5.17. The van der Waals surface area contributed by atoms with Crippen molar-refractivity contribution < 1.29 is 4.74 Å². The minimum absolute atomic E-state index is 0.247. The predicted molar refractivity (Wildman–Crippen MR) is 71.2 cm³/mol. The summed E-state index contributed by atoms with van der Waals surface area (Å²) in [5.41, 5.74) is 1.20. The molecule has 0 aliphatic rings. The van der Waals surface area contributed by atoms with Gasteiger partial charge in [-0.3, -0.25) is 0 Å². The van der Waals surface area contributed by atoms with Gasteiger partial charge in [-0.15, -0.1) is 0 Å². The minimum atomic E-state index is 0.247. The summed E-state index contributed by atoms with van der Waals surface area (Å²) in [4.78, 5) is 4.32. The Morgan fingerprint density at radius 2 is 2.12 bits per heavy atom. The molecule has 1 heterocycles. The van der Waals surface area contributed by atoms with Gasteiger partial charge in [-0.05, 0) is 31.9 Å². The Hall–Kier alpha value is -1.09. The van der Waals surface area contributed by atoms with Crippen molar-refractivity contribution in [3.63, 3.8) is 0 Å². The molecule has 0 saturated carbocycles. The van der Waals surface area contributed by atoms with Crippen molar-refractivity contribution in [2.45, 2.75) is 52.7 Å². The van der Waals surface area contributed by atoms with Gasteiger partial charge in [-0.2, -0.15) is 0 Å². The fourth-order valence-corrected chi connectivity index (χ4v) is 1.67. The number of hydrogen-bond acceptors (Lipinski definition) is 3. The summed E-state index contributed by atoms with van der Waals surface area (Å²) < 4.78 is 5.70. The number of hydrogen-bond donors (Lipinski definition) is 1. The highest BCUT2D eigenvalue weighted by Crippen LogP contribution is 2.11. The maximum atomic E-state index is 5.70. The first-order valence-corrected chi connectivity index (χ1v) is 6.58. The van der Waals surface area contributed by atoms with Crippen LogP contribution in [0.2, 0.25) is 0 Å². The zero-order chi connectivity index (χ0) is 12.5. The number of nitrogens with zero attached hydrogens (tertiary/aromatic N) is 1. The Morgan fingerprint density at radius 3 is 2.71 bits per heavy atom. The van der Waals surface area contributed by atoms with E-state index in [0.29, 0.717) is 0 Å². The van der Waals surface area contributed by atoms with Crippen molar-refractivity contribution in [1.29, 1.82) is 0 Å². The lowest BCUT2D eigenvalue weighted by atomic mass is 10.2. The first-order valence-electron chi connectivity index (χ1n) is 6.58. The second-order valence-electron chi connectivity index (χ2n) is 4.40. The SMILES string of the molecule is CCCNCc1ccc(OC(C)CCC)nc1. The van der Waals surface area contributed by atoms with Gasteiger partial charge in [0, 0.05) is 18.8 Å². The average molecular weight is 236 g/mol. The third-order valence-electron chi connectivity index (χ3n) is 2.57. The van der Waals surface area contributed by atoms with Gasteiger partial charge in [0.25, 0.3) is 0 Å². The smallest absolute Gasteiger partial charge is 0.213 e. The fourth-order valence-electron chi connectivity index (χ4n) is 1.67. The zero-order valence-corrected chi connectivity index (χ0v) is 11.2. The number of nitrogens with one attached hydrogen (secondary N) is 1. The molecule has 1 unspecified atom stereocenters. The fraction of sp³-hybridized carbons (Fsp3) is 0.643. The maximum absolute atomic E-state index is 5.70. The summed E-state index contributed by atoms with van der Waals surface area (Å²) in [6.45, 7) is 8.34. The number of rotatable bonds is 8. The predicted octanol–water partition coefficient (Wildman–Crippen LogP) is 3.15. The molecule has 0 bridgehead atoms. The molecule has 0 aliphatic carbocycles. The van der Waals surface area contributed by atoms with E-state index in [1.807, 2.05) is 12.3 Å². The van der Waals surface area contributed by atoms with Crippen molar-refractivity contribution in [2.24, 2.45) is 0 Å². The molecule has 17 heavy (non-hydrogen) atoms. The molecule has 0 fully saturated rings. The Labute approximate surface area is 105 Å². The lowest BCUT2D eigenvalue weighted by Gasteiger charge is -2.12. The van der Waals surface area contributed by atoms with Crippen LogP contribution in [-0.4, -0.2) is 17.6 Å². The topological polar surface area (TPSA) is 34.1 Å². The van der Waals surface area contributed by atoms with Gasteiger partial charge in [0.15, 0.2) is 0 Å². The van der Waals surface area contributed by atoms with Crippen molar-refractivity contribution in [3.8, 4) is 5.88 Å².